The predicted molar refractivity (Wildman–Crippen MR) is 124 cm³/mol. The van der Waals surface area contributed by atoms with E-state index in [4.69, 9.17) is 4.74 Å². The third kappa shape index (κ3) is 6.18. The Balaban J connectivity index is 1.75. The summed E-state index contributed by atoms with van der Waals surface area (Å²) in [5.41, 5.74) is 1.96. The zero-order valence-corrected chi connectivity index (χ0v) is 18.3. The van der Waals surface area contributed by atoms with Crippen molar-refractivity contribution in [1.82, 2.24) is 0 Å². The minimum atomic E-state index is -3.60. The minimum Gasteiger partial charge on any atom is -0.489 e. The molecule has 0 aliphatic rings. The maximum absolute atomic E-state index is 13.2. The standard InChI is InChI=1S/C24H23FN2O4S/c1-3-15-31-23-6-4-5-21(16-23)26-24(28)19-9-13-22(14-10-19)27(32(2,29)30)17-18-7-11-20(25)12-8-18/h3-14,16H,1,15,17H2,2H3,(H,26,28). The number of amides is 1. The molecular weight excluding hydrogens is 431 g/mol. The van der Waals surface area contributed by atoms with Gasteiger partial charge in [-0.3, -0.25) is 9.10 Å². The molecule has 3 rings (SSSR count). The fourth-order valence-corrected chi connectivity index (χ4v) is 3.85. The fourth-order valence-electron chi connectivity index (χ4n) is 2.96. The van der Waals surface area contributed by atoms with E-state index in [2.05, 4.69) is 11.9 Å². The lowest BCUT2D eigenvalue weighted by molar-refractivity contribution is 0.102. The van der Waals surface area contributed by atoms with Crippen LogP contribution >= 0.6 is 0 Å². The SMILES string of the molecule is C=CCOc1cccc(NC(=O)c2ccc(N(Cc3ccc(F)cc3)S(C)(=O)=O)cc2)c1. The number of sulfonamides is 1. The normalized spacial score (nSPS) is 10.9. The molecule has 32 heavy (non-hydrogen) atoms. The Morgan fingerprint density at radius 1 is 1.09 bits per heavy atom. The van der Waals surface area contributed by atoms with Crippen molar-refractivity contribution in [1.29, 1.82) is 0 Å². The lowest BCUT2D eigenvalue weighted by Crippen LogP contribution is -2.29. The highest BCUT2D eigenvalue weighted by molar-refractivity contribution is 7.92. The molecule has 1 amide bonds. The van der Waals surface area contributed by atoms with Crippen molar-refractivity contribution in [2.75, 3.05) is 22.5 Å². The highest BCUT2D eigenvalue weighted by Crippen LogP contribution is 2.23. The second-order valence-electron chi connectivity index (χ2n) is 7.02. The molecule has 6 nitrogen and oxygen atoms in total. The van der Waals surface area contributed by atoms with Crippen LogP contribution in [0.15, 0.2) is 85.5 Å². The monoisotopic (exact) mass is 454 g/mol. The van der Waals surface area contributed by atoms with E-state index in [1.807, 2.05) is 0 Å². The number of ether oxygens (including phenoxy) is 1. The summed E-state index contributed by atoms with van der Waals surface area (Å²) < 4.78 is 44.5. The quantitative estimate of drug-likeness (QED) is 0.479. The van der Waals surface area contributed by atoms with Gasteiger partial charge in [-0.05, 0) is 54.1 Å². The maximum atomic E-state index is 13.2. The topological polar surface area (TPSA) is 75.7 Å². The Morgan fingerprint density at radius 2 is 1.78 bits per heavy atom. The molecule has 0 atom stereocenters. The molecule has 0 aliphatic heterocycles. The van der Waals surface area contributed by atoms with E-state index in [9.17, 15) is 17.6 Å². The van der Waals surface area contributed by atoms with Crippen LogP contribution in [0.2, 0.25) is 0 Å². The number of carbonyl (C=O) groups excluding carboxylic acids is 1. The number of hydrogen-bond acceptors (Lipinski definition) is 4. The molecule has 0 bridgehead atoms. The molecule has 0 unspecified atom stereocenters. The lowest BCUT2D eigenvalue weighted by Gasteiger charge is -2.22. The molecule has 3 aromatic carbocycles. The molecular formula is C24H23FN2O4S. The average molecular weight is 455 g/mol. The first-order valence-electron chi connectivity index (χ1n) is 9.73. The summed E-state index contributed by atoms with van der Waals surface area (Å²) in [7, 11) is -3.60. The van der Waals surface area contributed by atoms with Crippen molar-refractivity contribution in [3.63, 3.8) is 0 Å². The number of nitrogens with zero attached hydrogens (tertiary/aromatic N) is 1. The Morgan fingerprint density at radius 3 is 2.41 bits per heavy atom. The van der Waals surface area contributed by atoms with Crippen LogP contribution in [0.25, 0.3) is 0 Å². The summed E-state index contributed by atoms with van der Waals surface area (Å²) in [6.07, 6.45) is 2.72. The first-order chi connectivity index (χ1) is 15.3. The van der Waals surface area contributed by atoms with Gasteiger partial charge in [0.1, 0.15) is 18.2 Å². The molecule has 0 radical (unpaired) electrons. The van der Waals surface area contributed by atoms with Crippen LogP contribution in [0.3, 0.4) is 0 Å². The van der Waals surface area contributed by atoms with E-state index in [1.165, 1.54) is 28.6 Å². The van der Waals surface area contributed by atoms with Gasteiger partial charge >= 0.3 is 0 Å². The Kier molecular flexibility index (Phi) is 7.27. The van der Waals surface area contributed by atoms with E-state index in [1.54, 1.807) is 54.6 Å². The largest absolute Gasteiger partial charge is 0.489 e. The Bertz CT molecular complexity index is 1190. The van der Waals surface area contributed by atoms with E-state index in [0.29, 0.717) is 34.9 Å². The van der Waals surface area contributed by atoms with Crippen LogP contribution in [0.5, 0.6) is 5.75 Å². The summed E-state index contributed by atoms with van der Waals surface area (Å²) in [6.45, 7) is 4.00. The van der Waals surface area contributed by atoms with Gasteiger partial charge in [0.05, 0.1) is 18.5 Å². The first-order valence-corrected chi connectivity index (χ1v) is 11.6. The summed E-state index contributed by atoms with van der Waals surface area (Å²) >= 11 is 0. The third-order valence-electron chi connectivity index (χ3n) is 4.52. The first kappa shape index (κ1) is 23.0. The zero-order valence-electron chi connectivity index (χ0n) is 17.5. The van der Waals surface area contributed by atoms with E-state index < -0.39 is 15.8 Å². The molecule has 0 aliphatic carbocycles. The molecule has 0 saturated heterocycles. The van der Waals surface area contributed by atoms with Gasteiger partial charge in [0, 0.05) is 17.3 Å². The number of anilines is 2. The van der Waals surface area contributed by atoms with Crippen LogP contribution in [0.4, 0.5) is 15.8 Å². The van der Waals surface area contributed by atoms with E-state index in [0.717, 1.165) is 6.26 Å². The van der Waals surface area contributed by atoms with Crippen LogP contribution in [0.1, 0.15) is 15.9 Å². The molecule has 8 heteroatoms. The zero-order chi connectivity index (χ0) is 23.1. The molecule has 1 N–H and O–H groups in total. The van der Waals surface area contributed by atoms with Crippen LogP contribution in [-0.4, -0.2) is 27.2 Å². The van der Waals surface area contributed by atoms with Gasteiger partial charge in [-0.25, -0.2) is 12.8 Å². The number of benzene rings is 3. The van der Waals surface area contributed by atoms with Crippen molar-refractivity contribution in [2.24, 2.45) is 0 Å². The van der Waals surface area contributed by atoms with Gasteiger partial charge in [0.2, 0.25) is 10.0 Å². The maximum Gasteiger partial charge on any atom is 0.255 e. The van der Waals surface area contributed by atoms with Crippen molar-refractivity contribution in [3.8, 4) is 5.75 Å². The smallest absolute Gasteiger partial charge is 0.255 e. The predicted octanol–water partition coefficient (Wildman–Crippen LogP) is 4.61. The van der Waals surface area contributed by atoms with Gasteiger partial charge in [-0.2, -0.15) is 0 Å². The summed E-state index contributed by atoms with van der Waals surface area (Å²) in [5, 5.41) is 2.79. The van der Waals surface area contributed by atoms with Crippen molar-refractivity contribution >= 4 is 27.3 Å². The van der Waals surface area contributed by atoms with Gasteiger partial charge < -0.3 is 10.1 Å². The average Bonchev–Trinajstić information content (AvgIpc) is 2.77. The van der Waals surface area contributed by atoms with Gasteiger partial charge in [0.25, 0.3) is 5.91 Å². The third-order valence-corrected chi connectivity index (χ3v) is 5.66. The molecule has 3 aromatic rings. The molecule has 166 valence electrons. The number of nitrogens with one attached hydrogen (secondary N) is 1. The minimum absolute atomic E-state index is 0.0438. The van der Waals surface area contributed by atoms with Crippen molar-refractivity contribution < 1.29 is 22.3 Å². The Labute approximate surface area is 187 Å². The lowest BCUT2D eigenvalue weighted by atomic mass is 10.1. The highest BCUT2D eigenvalue weighted by Gasteiger charge is 2.18. The van der Waals surface area contributed by atoms with E-state index in [-0.39, 0.29) is 12.5 Å². The number of rotatable bonds is 9. The van der Waals surface area contributed by atoms with Crippen molar-refractivity contribution in [2.45, 2.75) is 6.54 Å². The second-order valence-corrected chi connectivity index (χ2v) is 8.93. The summed E-state index contributed by atoms with van der Waals surface area (Å²) in [4.78, 5) is 12.6. The number of carbonyl (C=O) groups is 1. The highest BCUT2D eigenvalue weighted by atomic mass is 32.2. The summed E-state index contributed by atoms with van der Waals surface area (Å²) in [6, 6.07) is 18.8. The second kappa shape index (κ2) is 10.1. The van der Waals surface area contributed by atoms with Crippen LogP contribution in [0, 0.1) is 5.82 Å². The molecule has 0 heterocycles. The van der Waals surface area contributed by atoms with Gasteiger partial charge in [-0.15, -0.1) is 0 Å². The van der Waals surface area contributed by atoms with Crippen molar-refractivity contribution in [3.05, 3.63) is 102 Å². The molecule has 0 spiro atoms. The summed E-state index contributed by atoms with van der Waals surface area (Å²) in [5.74, 6) is -0.141. The van der Waals surface area contributed by atoms with E-state index >= 15 is 0 Å². The molecule has 0 fully saturated rings. The van der Waals surface area contributed by atoms with Crippen LogP contribution in [-0.2, 0) is 16.6 Å². The number of halogens is 1. The fraction of sp³-hybridized carbons (Fsp3) is 0.125. The van der Waals surface area contributed by atoms with Crippen LogP contribution < -0.4 is 14.4 Å². The molecule has 0 saturated carbocycles. The molecule has 0 aromatic heterocycles. The van der Waals surface area contributed by atoms with Gasteiger partial charge in [-0.1, -0.05) is 30.9 Å². The van der Waals surface area contributed by atoms with Gasteiger partial charge in [0.15, 0.2) is 0 Å². The number of hydrogen-bond donors (Lipinski definition) is 1. The Hall–Kier alpha value is -3.65.